The molecule has 3 unspecified atom stereocenters. The highest BCUT2D eigenvalue weighted by Crippen LogP contribution is 2.55. The van der Waals surface area contributed by atoms with Crippen molar-refractivity contribution in [3.63, 3.8) is 0 Å². The normalized spacial score (nSPS) is 22.1. The number of allylic oxidation sites excluding steroid dienone is 12. The van der Waals surface area contributed by atoms with Crippen LogP contribution >= 0.6 is 0 Å². The molecule has 4 atom stereocenters. The van der Waals surface area contributed by atoms with Crippen molar-refractivity contribution < 1.29 is 8.83 Å². The van der Waals surface area contributed by atoms with Gasteiger partial charge in [0.2, 0.25) is 0 Å². The second-order valence-electron chi connectivity index (χ2n) is 14.8. The molecule has 0 aliphatic heterocycles. The Kier molecular flexibility index (Phi) is 7.42. The third-order valence-electron chi connectivity index (χ3n) is 11.5. The predicted octanol–water partition coefficient (Wildman–Crippen LogP) is 13.3. The van der Waals surface area contributed by atoms with Gasteiger partial charge in [0, 0.05) is 56.8 Å². The first-order valence-corrected chi connectivity index (χ1v) is 18.8. The van der Waals surface area contributed by atoms with Crippen LogP contribution in [0.25, 0.3) is 38.5 Å². The van der Waals surface area contributed by atoms with Gasteiger partial charge in [-0.1, -0.05) is 141 Å². The topological polar surface area (TPSA) is 29.5 Å². The number of anilines is 2. The number of benzene rings is 4. The van der Waals surface area contributed by atoms with Crippen LogP contribution in [0.2, 0.25) is 0 Å². The average Bonchev–Trinajstić information content (AvgIpc) is 3.77. The fourth-order valence-electron chi connectivity index (χ4n) is 9.16. The molecule has 0 bridgehead atoms. The number of hydrogen-bond donors (Lipinski definition) is 0. The molecule has 2 aromatic heterocycles. The Labute approximate surface area is 304 Å². The number of nitrogens with zero attached hydrogens (tertiary/aromatic N) is 1. The molecule has 52 heavy (non-hydrogen) atoms. The molecule has 254 valence electrons. The predicted molar refractivity (Wildman–Crippen MR) is 216 cm³/mol. The van der Waals surface area contributed by atoms with E-state index < -0.39 is 0 Å². The zero-order valence-electron chi connectivity index (χ0n) is 29.6. The summed E-state index contributed by atoms with van der Waals surface area (Å²) in [4.78, 5) is 2.45. The van der Waals surface area contributed by atoms with Crippen molar-refractivity contribution in [1.29, 1.82) is 0 Å². The van der Waals surface area contributed by atoms with E-state index in [4.69, 9.17) is 8.83 Å². The number of hydrogen-bond acceptors (Lipinski definition) is 3. The summed E-state index contributed by atoms with van der Waals surface area (Å²) in [6.45, 7) is 4.69. The Balaban J connectivity index is 1.16. The first-order valence-electron chi connectivity index (χ1n) is 18.8. The Morgan fingerprint density at radius 2 is 1.46 bits per heavy atom. The van der Waals surface area contributed by atoms with E-state index >= 15 is 0 Å². The van der Waals surface area contributed by atoms with E-state index in [9.17, 15) is 0 Å². The molecule has 3 nitrogen and oxygen atoms in total. The molecule has 0 N–H and O–H groups in total. The Hall–Kier alpha value is -5.80. The lowest BCUT2D eigenvalue weighted by atomic mass is 9.67. The van der Waals surface area contributed by atoms with Crippen molar-refractivity contribution in [2.24, 2.45) is 11.8 Å². The van der Waals surface area contributed by atoms with Crippen LogP contribution in [0.4, 0.5) is 11.4 Å². The summed E-state index contributed by atoms with van der Waals surface area (Å²) in [6, 6.07) is 32.7. The minimum atomic E-state index is 0.116. The van der Waals surface area contributed by atoms with Gasteiger partial charge in [-0.25, -0.2) is 0 Å². The molecular formula is C49H41NO2. The summed E-state index contributed by atoms with van der Waals surface area (Å²) in [7, 11) is 0. The summed E-state index contributed by atoms with van der Waals surface area (Å²) in [6.07, 6.45) is 27.2. The molecular weight excluding hydrogens is 635 g/mol. The highest BCUT2D eigenvalue weighted by Gasteiger charge is 2.40. The van der Waals surface area contributed by atoms with Gasteiger partial charge in [-0.15, -0.1) is 0 Å². The third kappa shape index (κ3) is 4.94. The van der Waals surface area contributed by atoms with Crippen LogP contribution in [0.1, 0.15) is 55.4 Å². The molecule has 4 aliphatic rings. The highest BCUT2D eigenvalue weighted by atomic mass is 16.3. The zero-order chi connectivity index (χ0) is 34.8. The third-order valence-corrected chi connectivity index (χ3v) is 11.5. The molecule has 2 heterocycles. The fraction of sp³-hybridized carbons (Fsp3) is 0.184. The zero-order valence-corrected chi connectivity index (χ0v) is 29.6. The highest BCUT2D eigenvalue weighted by molar-refractivity contribution is 6.06. The van der Waals surface area contributed by atoms with Crippen LogP contribution in [0.15, 0.2) is 178 Å². The lowest BCUT2D eigenvalue weighted by molar-refractivity contribution is 0.532. The van der Waals surface area contributed by atoms with Gasteiger partial charge in [-0.05, 0) is 59.7 Å². The number of furan rings is 2. The van der Waals surface area contributed by atoms with Gasteiger partial charge in [0.15, 0.2) is 5.58 Å². The van der Waals surface area contributed by atoms with E-state index in [1.54, 1.807) is 0 Å². The van der Waals surface area contributed by atoms with Gasteiger partial charge in [0.25, 0.3) is 0 Å². The van der Waals surface area contributed by atoms with Gasteiger partial charge >= 0.3 is 0 Å². The minimum Gasteiger partial charge on any atom is -0.456 e. The standard InChI is InChI=1S/C49H41NO2/c1-31(2)45-39-19-9-10-20-40(39)47-41-21-13-22-42(48(41)52-49(47)46(45)34-26-24-33(25-27-34)32-14-5-3-6-15-32)50(35-16-7-4-8-17-35)36-28-29-38-37-18-11-12-23-43(37)51-44(38)30-36/h3-16,18-24,26-31,33,35,39-40H,17,25H2,1-2H3/t33-,35?,39?,40?/m1/s1. The monoisotopic (exact) mass is 675 g/mol. The van der Waals surface area contributed by atoms with E-state index in [0.717, 1.165) is 57.5 Å². The largest absolute Gasteiger partial charge is 0.456 e. The summed E-state index contributed by atoms with van der Waals surface area (Å²) in [5.41, 5.74) is 11.6. The first kappa shape index (κ1) is 31.0. The SMILES string of the molecule is CC(C)C1=C(C2=CC[C@H](c3ccccc3)C=C2)c2oc3c(N(c4ccc5c(c4)oc4ccccc45)C4C=CC=CC4)cccc3c2C2C=CC=CC12. The van der Waals surface area contributed by atoms with Crippen molar-refractivity contribution in [2.75, 3.05) is 4.90 Å². The lowest BCUT2D eigenvalue weighted by Crippen LogP contribution is -2.29. The van der Waals surface area contributed by atoms with E-state index in [2.05, 4.69) is 164 Å². The van der Waals surface area contributed by atoms with E-state index in [1.165, 1.54) is 33.2 Å². The molecule has 10 rings (SSSR count). The summed E-state index contributed by atoms with van der Waals surface area (Å²) in [5.74, 6) is 2.23. The van der Waals surface area contributed by atoms with E-state index in [-0.39, 0.29) is 17.9 Å². The molecule has 0 fully saturated rings. The van der Waals surface area contributed by atoms with Crippen LogP contribution in [-0.4, -0.2) is 6.04 Å². The fourth-order valence-corrected chi connectivity index (χ4v) is 9.16. The van der Waals surface area contributed by atoms with Crippen molar-refractivity contribution in [3.8, 4) is 0 Å². The minimum absolute atomic E-state index is 0.116. The molecule has 0 radical (unpaired) electrons. The van der Waals surface area contributed by atoms with Gasteiger partial charge < -0.3 is 13.7 Å². The molecule has 4 aromatic carbocycles. The molecule has 0 saturated carbocycles. The number of para-hydroxylation sites is 2. The number of rotatable bonds is 6. The molecule has 3 heteroatoms. The van der Waals surface area contributed by atoms with Gasteiger partial charge in [-0.3, -0.25) is 0 Å². The van der Waals surface area contributed by atoms with Crippen molar-refractivity contribution in [2.45, 2.75) is 44.6 Å². The maximum Gasteiger partial charge on any atom is 0.158 e. The lowest BCUT2D eigenvalue weighted by Gasteiger charge is -2.36. The maximum atomic E-state index is 7.36. The Morgan fingerprint density at radius 3 is 2.27 bits per heavy atom. The van der Waals surface area contributed by atoms with Crippen LogP contribution in [0.3, 0.4) is 0 Å². The van der Waals surface area contributed by atoms with E-state index in [0.29, 0.717) is 11.8 Å². The molecule has 6 aromatic rings. The summed E-state index contributed by atoms with van der Waals surface area (Å²) < 4.78 is 13.8. The van der Waals surface area contributed by atoms with E-state index in [1.807, 2.05) is 12.1 Å². The molecule has 0 amide bonds. The first-order chi connectivity index (χ1) is 25.6. The molecule has 0 saturated heterocycles. The molecule has 0 spiro atoms. The second-order valence-corrected chi connectivity index (χ2v) is 14.8. The second kappa shape index (κ2) is 12.5. The summed E-state index contributed by atoms with van der Waals surface area (Å²) >= 11 is 0. The Bertz CT molecular complexity index is 2580. The van der Waals surface area contributed by atoms with Gasteiger partial charge in [-0.2, -0.15) is 0 Å². The molecule has 4 aliphatic carbocycles. The van der Waals surface area contributed by atoms with Crippen molar-refractivity contribution in [1.82, 2.24) is 0 Å². The van der Waals surface area contributed by atoms with Gasteiger partial charge in [0.1, 0.15) is 16.9 Å². The van der Waals surface area contributed by atoms with Crippen LogP contribution in [0.5, 0.6) is 0 Å². The van der Waals surface area contributed by atoms with Crippen molar-refractivity contribution >= 4 is 49.9 Å². The van der Waals surface area contributed by atoms with Gasteiger partial charge in [0.05, 0.1) is 11.7 Å². The van der Waals surface area contributed by atoms with Crippen molar-refractivity contribution in [3.05, 3.63) is 186 Å². The number of fused-ring (bicyclic) bond motifs is 8. The van der Waals surface area contributed by atoms with Crippen LogP contribution in [-0.2, 0) is 0 Å². The quantitative estimate of drug-likeness (QED) is 0.176. The van der Waals surface area contributed by atoms with Crippen LogP contribution in [0, 0.1) is 11.8 Å². The smallest absolute Gasteiger partial charge is 0.158 e. The average molecular weight is 676 g/mol. The van der Waals surface area contributed by atoms with Crippen LogP contribution < -0.4 is 4.90 Å². The Morgan fingerprint density at radius 1 is 0.673 bits per heavy atom. The maximum absolute atomic E-state index is 7.36. The summed E-state index contributed by atoms with van der Waals surface area (Å²) in [5, 5.41) is 3.46.